The normalized spacial score (nSPS) is 22.6. The van der Waals surface area contributed by atoms with Gasteiger partial charge in [0.1, 0.15) is 12.6 Å². The van der Waals surface area contributed by atoms with Crippen LogP contribution in [0.25, 0.3) is 0 Å². The third-order valence-corrected chi connectivity index (χ3v) is 7.44. The maximum absolute atomic E-state index is 14.1. The Bertz CT molecular complexity index is 1110. The molecule has 2 saturated heterocycles. The van der Waals surface area contributed by atoms with Crippen LogP contribution >= 0.6 is 0 Å². The second-order valence-electron chi connectivity index (χ2n) is 10.3. The van der Waals surface area contributed by atoms with Crippen LogP contribution in [0.3, 0.4) is 0 Å². The average molecular weight is 499 g/mol. The van der Waals surface area contributed by atoms with Gasteiger partial charge in [-0.05, 0) is 51.7 Å². The van der Waals surface area contributed by atoms with E-state index in [2.05, 4.69) is 5.10 Å². The lowest BCUT2D eigenvalue weighted by Gasteiger charge is -2.35. The van der Waals surface area contributed by atoms with Crippen molar-refractivity contribution in [3.05, 3.63) is 46.5 Å². The van der Waals surface area contributed by atoms with Crippen molar-refractivity contribution in [1.29, 1.82) is 0 Å². The maximum atomic E-state index is 14.1. The van der Waals surface area contributed by atoms with E-state index in [1.807, 2.05) is 36.6 Å². The summed E-state index contributed by atoms with van der Waals surface area (Å²) >= 11 is 0. The van der Waals surface area contributed by atoms with E-state index < -0.39 is 0 Å². The van der Waals surface area contributed by atoms with Crippen LogP contribution in [0.4, 0.5) is 4.39 Å². The van der Waals surface area contributed by atoms with E-state index in [1.165, 1.54) is 6.07 Å². The quantitative estimate of drug-likeness (QED) is 0.633. The van der Waals surface area contributed by atoms with Crippen molar-refractivity contribution in [1.82, 2.24) is 19.6 Å². The maximum Gasteiger partial charge on any atom is 0.274 e. The monoisotopic (exact) mass is 498 g/mol. The van der Waals surface area contributed by atoms with Gasteiger partial charge in [0, 0.05) is 50.3 Å². The average Bonchev–Trinajstić information content (AvgIpc) is 3.45. The highest BCUT2D eigenvalue weighted by atomic mass is 19.1. The predicted molar refractivity (Wildman–Crippen MR) is 132 cm³/mol. The molecule has 36 heavy (non-hydrogen) atoms. The van der Waals surface area contributed by atoms with Crippen LogP contribution < -0.4 is 4.74 Å². The van der Waals surface area contributed by atoms with Crippen molar-refractivity contribution < 1.29 is 23.5 Å². The molecule has 2 amide bonds. The zero-order chi connectivity index (χ0) is 25.4. The molecule has 1 aromatic carbocycles. The molecule has 0 bridgehead atoms. The van der Waals surface area contributed by atoms with Gasteiger partial charge in [0.15, 0.2) is 17.3 Å². The summed E-state index contributed by atoms with van der Waals surface area (Å²) in [5.74, 6) is -0.133. The predicted octanol–water partition coefficient (Wildman–Crippen LogP) is 3.14. The van der Waals surface area contributed by atoms with Crippen molar-refractivity contribution in [2.45, 2.75) is 77.7 Å². The molecule has 0 saturated carbocycles. The highest BCUT2D eigenvalue weighted by molar-refractivity contribution is 5.94. The van der Waals surface area contributed by atoms with E-state index in [4.69, 9.17) is 9.47 Å². The molecule has 0 N–H and O–H groups in total. The van der Waals surface area contributed by atoms with E-state index >= 15 is 0 Å². The molecule has 0 radical (unpaired) electrons. The number of carbonyl (C=O) groups excluding carboxylic acids is 2. The van der Waals surface area contributed by atoms with Crippen molar-refractivity contribution in [3.63, 3.8) is 0 Å². The number of carbonyl (C=O) groups is 2. The number of halogens is 1. The number of piperidine rings is 1. The van der Waals surface area contributed by atoms with Gasteiger partial charge in [-0.1, -0.05) is 12.1 Å². The van der Waals surface area contributed by atoms with Crippen molar-refractivity contribution in [2.75, 3.05) is 26.2 Å². The summed E-state index contributed by atoms with van der Waals surface area (Å²) in [6, 6.07) is 4.91. The fourth-order valence-corrected chi connectivity index (χ4v) is 5.69. The van der Waals surface area contributed by atoms with Crippen molar-refractivity contribution in [2.24, 2.45) is 0 Å². The zero-order valence-corrected chi connectivity index (χ0v) is 21.3. The second-order valence-corrected chi connectivity index (χ2v) is 10.3. The molecular weight excluding hydrogens is 463 g/mol. The lowest BCUT2D eigenvalue weighted by molar-refractivity contribution is -0.133. The van der Waals surface area contributed by atoms with Crippen LogP contribution in [0.5, 0.6) is 5.75 Å². The van der Waals surface area contributed by atoms with Gasteiger partial charge in [-0.15, -0.1) is 0 Å². The third-order valence-electron chi connectivity index (χ3n) is 7.44. The summed E-state index contributed by atoms with van der Waals surface area (Å²) < 4.78 is 27.6. The minimum Gasteiger partial charge on any atom is -0.487 e. The Morgan fingerprint density at radius 3 is 2.53 bits per heavy atom. The molecule has 0 spiro atoms. The molecule has 2 aliphatic heterocycles. The lowest BCUT2D eigenvalue weighted by atomic mass is 10.1. The molecule has 9 heteroatoms. The Balaban J connectivity index is 1.22. The largest absolute Gasteiger partial charge is 0.487 e. The molecule has 0 unspecified atom stereocenters. The zero-order valence-electron chi connectivity index (χ0n) is 21.3. The fraction of sp³-hybridized carbons (Fsp3) is 0.593. The first-order chi connectivity index (χ1) is 17.3. The summed E-state index contributed by atoms with van der Waals surface area (Å²) in [5, 5.41) is 4.65. The summed E-state index contributed by atoms with van der Waals surface area (Å²) in [4.78, 5) is 30.2. The molecule has 1 aromatic heterocycles. The molecule has 8 nitrogen and oxygen atoms in total. The first-order valence-corrected chi connectivity index (χ1v) is 13.0. The van der Waals surface area contributed by atoms with Crippen LogP contribution in [0.2, 0.25) is 0 Å². The topological polar surface area (TPSA) is 76.9 Å². The number of para-hydroxylation sites is 1. The molecule has 2 fully saturated rings. The van der Waals surface area contributed by atoms with Crippen LogP contribution in [0.1, 0.15) is 60.4 Å². The van der Waals surface area contributed by atoms with Gasteiger partial charge in [-0.3, -0.25) is 14.3 Å². The van der Waals surface area contributed by atoms with Gasteiger partial charge < -0.3 is 19.3 Å². The number of likely N-dealkylation sites (tertiary alicyclic amines) is 1. The Labute approximate surface area is 211 Å². The summed E-state index contributed by atoms with van der Waals surface area (Å²) in [6.07, 6.45) is 3.76. The van der Waals surface area contributed by atoms with Gasteiger partial charge in [0.25, 0.3) is 5.91 Å². The Morgan fingerprint density at radius 2 is 1.83 bits per heavy atom. The van der Waals surface area contributed by atoms with Gasteiger partial charge in [0.2, 0.25) is 5.91 Å². The molecule has 5 rings (SSSR count). The first-order valence-electron chi connectivity index (χ1n) is 13.0. The number of fused-ring (bicyclic) bond motifs is 1. The molecule has 3 aliphatic rings. The third kappa shape index (κ3) is 4.98. The summed E-state index contributed by atoms with van der Waals surface area (Å²) in [7, 11) is 0. The Kier molecular flexibility index (Phi) is 7.01. The number of hydrogen-bond acceptors (Lipinski definition) is 5. The number of hydrogen-bond donors (Lipinski definition) is 0. The van der Waals surface area contributed by atoms with Crippen LogP contribution in [-0.2, 0) is 28.9 Å². The fourth-order valence-electron chi connectivity index (χ4n) is 5.69. The number of aromatic nitrogens is 2. The molecule has 1 aliphatic carbocycles. The highest BCUT2D eigenvalue weighted by Gasteiger charge is 2.34. The molecule has 2 aromatic rings. The van der Waals surface area contributed by atoms with Gasteiger partial charge in [-0.25, -0.2) is 4.39 Å². The minimum atomic E-state index is -0.354. The smallest absolute Gasteiger partial charge is 0.274 e. The number of aryl methyl sites for hydroxylation is 1. The van der Waals surface area contributed by atoms with Gasteiger partial charge in [0.05, 0.1) is 12.2 Å². The number of nitrogens with zero attached hydrogens (tertiary/aromatic N) is 4. The van der Waals surface area contributed by atoms with Crippen LogP contribution in [0.15, 0.2) is 18.2 Å². The summed E-state index contributed by atoms with van der Waals surface area (Å²) in [6.45, 7) is 8.11. The van der Waals surface area contributed by atoms with E-state index in [0.717, 1.165) is 36.1 Å². The number of benzene rings is 1. The van der Waals surface area contributed by atoms with Gasteiger partial charge >= 0.3 is 0 Å². The molecular formula is C27H35FN4O4. The second kappa shape index (κ2) is 10.2. The molecule has 2 atom stereocenters. The van der Waals surface area contributed by atoms with E-state index in [0.29, 0.717) is 50.5 Å². The lowest BCUT2D eigenvalue weighted by Crippen LogP contribution is -2.48. The molecule has 194 valence electrons. The summed E-state index contributed by atoms with van der Waals surface area (Å²) in [5.41, 5.74) is 3.26. The van der Waals surface area contributed by atoms with E-state index in [1.54, 1.807) is 10.7 Å². The number of morpholine rings is 1. The van der Waals surface area contributed by atoms with Crippen molar-refractivity contribution in [3.8, 4) is 5.75 Å². The number of rotatable bonds is 5. The highest BCUT2D eigenvalue weighted by Crippen LogP contribution is 2.28. The van der Waals surface area contributed by atoms with E-state index in [-0.39, 0.29) is 42.5 Å². The Morgan fingerprint density at radius 1 is 1.11 bits per heavy atom. The first kappa shape index (κ1) is 24.7. The van der Waals surface area contributed by atoms with E-state index in [9.17, 15) is 14.0 Å². The number of amides is 2. The van der Waals surface area contributed by atoms with Crippen molar-refractivity contribution >= 4 is 11.8 Å². The molecule has 3 heterocycles. The minimum absolute atomic E-state index is 0.0105. The SMILES string of the molecule is Cc1cccc(F)c1OC1CCN(C(=O)Cn2nc(C(=O)N3C[C@@H](C)O[C@@H](C)C3)c3c2CCC3)CC1. The Hall–Kier alpha value is -2.94. The standard InChI is InChI=1S/C27H35FN4O4/c1-17-6-4-8-22(28)26(17)36-20-10-12-30(13-11-20)24(33)16-32-23-9-5-7-21(23)25(29-32)27(34)31-14-18(2)35-19(3)15-31/h4,6,8,18-20H,5,7,9-16H2,1-3H3/t18-,19+. The number of ether oxygens (including phenoxy) is 2. The van der Waals surface area contributed by atoms with Gasteiger partial charge in [-0.2, -0.15) is 5.10 Å². The van der Waals surface area contributed by atoms with Crippen LogP contribution in [0, 0.1) is 12.7 Å². The van der Waals surface area contributed by atoms with Crippen LogP contribution in [-0.4, -0.2) is 75.9 Å².